The second-order valence-electron chi connectivity index (χ2n) is 5.95. The Kier molecular flexibility index (Phi) is 5.14. The highest BCUT2D eigenvalue weighted by Crippen LogP contribution is 2.24. The van der Waals surface area contributed by atoms with E-state index in [9.17, 15) is 8.42 Å². The van der Waals surface area contributed by atoms with E-state index in [2.05, 4.69) is 4.98 Å². The maximum absolute atomic E-state index is 13.1. The highest BCUT2D eigenvalue weighted by Gasteiger charge is 2.23. The largest absolute Gasteiger partial charge is 0.265 e. The first kappa shape index (κ1) is 17.2. The highest BCUT2D eigenvalue weighted by molar-refractivity contribution is 7.92. The molecule has 0 aliphatic rings. The summed E-state index contributed by atoms with van der Waals surface area (Å²) in [6.07, 6.45) is 3.37. The minimum atomic E-state index is -3.53. The van der Waals surface area contributed by atoms with Crippen molar-refractivity contribution in [2.75, 3.05) is 4.31 Å². The van der Waals surface area contributed by atoms with Crippen LogP contribution in [0.15, 0.2) is 79.1 Å². The molecule has 0 saturated heterocycles. The standard InChI is InChI=1S/C20H20N2O2S/c1-17-9-11-20(12-10-17)22(15-19-8-5-13-21-14-19)25(23,24)16-18-6-3-2-4-7-18/h2-14H,15-16H2,1H3. The van der Waals surface area contributed by atoms with Crippen LogP contribution in [0.1, 0.15) is 16.7 Å². The maximum Gasteiger partial charge on any atom is 0.239 e. The van der Waals surface area contributed by atoms with Crippen molar-refractivity contribution in [3.8, 4) is 0 Å². The molecule has 3 aromatic rings. The Balaban J connectivity index is 1.96. The smallest absolute Gasteiger partial charge is 0.239 e. The molecule has 128 valence electrons. The van der Waals surface area contributed by atoms with E-state index in [-0.39, 0.29) is 12.3 Å². The molecule has 0 aliphatic heterocycles. The lowest BCUT2D eigenvalue weighted by atomic mass is 10.2. The van der Waals surface area contributed by atoms with Crippen LogP contribution in [0.3, 0.4) is 0 Å². The fraction of sp³-hybridized carbons (Fsp3) is 0.150. The predicted molar refractivity (Wildman–Crippen MR) is 101 cm³/mol. The first-order valence-corrected chi connectivity index (χ1v) is 9.65. The van der Waals surface area contributed by atoms with E-state index in [1.807, 2.05) is 73.7 Å². The van der Waals surface area contributed by atoms with E-state index in [0.717, 1.165) is 16.7 Å². The molecule has 1 heterocycles. The number of rotatable bonds is 6. The first-order valence-electron chi connectivity index (χ1n) is 8.04. The summed E-state index contributed by atoms with van der Waals surface area (Å²) in [5.74, 6) is -0.0397. The first-order chi connectivity index (χ1) is 12.0. The van der Waals surface area contributed by atoms with Crippen LogP contribution in [0.4, 0.5) is 5.69 Å². The van der Waals surface area contributed by atoms with Gasteiger partial charge in [0.05, 0.1) is 18.0 Å². The molecule has 0 N–H and O–H groups in total. The van der Waals surface area contributed by atoms with Gasteiger partial charge in [-0.05, 0) is 36.2 Å². The molecule has 5 heteroatoms. The number of hydrogen-bond acceptors (Lipinski definition) is 3. The average Bonchev–Trinajstić information content (AvgIpc) is 2.62. The van der Waals surface area contributed by atoms with Crippen molar-refractivity contribution in [1.29, 1.82) is 0 Å². The van der Waals surface area contributed by atoms with Crippen molar-refractivity contribution in [3.63, 3.8) is 0 Å². The Morgan fingerprint density at radius 3 is 2.20 bits per heavy atom. The summed E-state index contributed by atoms with van der Waals surface area (Å²) < 4.78 is 27.6. The molecule has 0 bridgehead atoms. The van der Waals surface area contributed by atoms with Crippen LogP contribution in [0.2, 0.25) is 0 Å². The highest BCUT2D eigenvalue weighted by atomic mass is 32.2. The molecule has 0 aliphatic carbocycles. The zero-order valence-corrected chi connectivity index (χ0v) is 14.9. The van der Waals surface area contributed by atoms with Gasteiger partial charge in [0.2, 0.25) is 10.0 Å². The number of pyridine rings is 1. The normalized spacial score (nSPS) is 11.2. The Bertz CT molecular complexity index is 909. The molecule has 0 spiro atoms. The molecule has 3 rings (SSSR count). The van der Waals surface area contributed by atoms with Gasteiger partial charge in [-0.3, -0.25) is 9.29 Å². The van der Waals surface area contributed by atoms with Gasteiger partial charge in [-0.2, -0.15) is 0 Å². The summed E-state index contributed by atoms with van der Waals surface area (Å²) >= 11 is 0. The topological polar surface area (TPSA) is 50.3 Å². The Morgan fingerprint density at radius 2 is 1.56 bits per heavy atom. The van der Waals surface area contributed by atoms with E-state index in [4.69, 9.17) is 0 Å². The zero-order chi connectivity index (χ0) is 17.7. The van der Waals surface area contributed by atoms with Crippen molar-refractivity contribution in [2.24, 2.45) is 0 Å². The van der Waals surface area contributed by atoms with Crippen molar-refractivity contribution in [3.05, 3.63) is 95.8 Å². The van der Waals surface area contributed by atoms with Gasteiger partial charge >= 0.3 is 0 Å². The molecule has 4 nitrogen and oxygen atoms in total. The monoisotopic (exact) mass is 352 g/mol. The molecule has 0 fully saturated rings. The molecule has 0 atom stereocenters. The molecule has 0 saturated carbocycles. The van der Waals surface area contributed by atoms with Gasteiger partial charge in [-0.1, -0.05) is 54.1 Å². The third kappa shape index (κ3) is 4.45. The van der Waals surface area contributed by atoms with Gasteiger partial charge < -0.3 is 0 Å². The van der Waals surface area contributed by atoms with Crippen LogP contribution in [0.5, 0.6) is 0 Å². The molecule has 25 heavy (non-hydrogen) atoms. The number of aryl methyl sites for hydroxylation is 1. The number of sulfonamides is 1. The number of anilines is 1. The van der Waals surface area contributed by atoms with E-state index >= 15 is 0 Å². The van der Waals surface area contributed by atoms with Crippen molar-refractivity contribution in [2.45, 2.75) is 19.2 Å². The molecule has 0 amide bonds. The van der Waals surface area contributed by atoms with E-state index in [1.54, 1.807) is 12.4 Å². The van der Waals surface area contributed by atoms with E-state index in [0.29, 0.717) is 5.69 Å². The Labute approximate surface area is 148 Å². The number of nitrogens with zero attached hydrogens (tertiary/aromatic N) is 2. The van der Waals surface area contributed by atoms with E-state index < -0.39 is 10.0 Å². The molecule has 1 aromatic heterocycles. The molecule has 0 radical (unpaired) electrons. The summed E-state index contributed by atoms with van der Waals surface area (Å²) in [6.45, 7) is 2.24. The van der Waals surface area contributed by atoms with Crippen molar-refractivity contribution in [1.82, 2.24) is 4.98 Å². The summed E-state index contributed by atoms with van der Waals surface area (Å²) in [7, 11) is -3.53. The maximum atomic E-state index is 13.1. The molecular formula is C20H20N2O2S. The molecule has 2 aromatic carbocycles. The van der Waals surface area contributed by atoms with Crippen molar-refractivity contribution < 1.29 is 8.42 Å². The van der Waals surface area contributed by atoms with Gasteiger partial charge in [-0.15, -0.1) is 0 Å². The molecule has 0 unspecified atom stereocenters. The van der Waals surface area contributed by atoms with Gasteiger partial charge in [0.1, 0.15) is 0 Å². The average molecular weight is 352 g/mol. The van der Waals surface area contributed by atoms with Crippen LogP contribution in [0, 0.1) is 6.92 Å². The number of benzene rings is 2. The lowest BCUT2D eigenvalue weighted by Crippen LogP contribution is -2.31. The minimum Gasteiger partial charge on any atom is -0.265 e. The Morgan fingerprint density at radius 1 is 0.880 bits per heavy atom. The Hall–Kier alpha value is -2.66. The quantitative estimate of drug-likeness (QED) is 0.675. The summed E-state index contributed by atoms with van der Waals surface area (Å²) in [4.78, 5) is 4.09. The third-order valence-corrected chi connectivity index (χ3v) is 5.61. The third-order valence-electron chi connectivity index (χ3n) is 3.90. The number of hydrogen-bond donors (Lipinski definition) is 0. The number of aromatic nitrogens is 1. The fourth-order valence-corrected chi connectivity index (χ4v) is 4.14. The van der Waals surface area contributed by atoms with Crippen LogP contribution >= 0.6 is 0 Å². The second-order valence-corrected chi connectivity index (χ2v) is 7.84. The predicted octanol–water partition coefficient (Wildman–Crippen LogP) is 3.93. The van der Waals surface area contributed by atoms with Crippen LogP contribution < -0.4 is 4.31 Å². The van der Waals surface area contributed by atoms with Crippen LogP contribution in [-0.4, -0.2) is 13.4 Å². The minimum absolute atomic E-state index is 0.0397. The van der Waals surface area contributed by atoms with Gasteiger partial charge in [0.25, 0.3) is 0 Å². The summed E-state index contributed by atoms with van der Waals surface area (Å²) in [5, 5.41) is 0. The van der Waals surface area contributed by atoms with Gasteiger partial charge in [-0.25, -0.2) is 8.42 Å². The zero-order valence-electron chi connectivity index (χ0n) is 14.0. The SMILES string of the molecule is Cc1ccc(N(Cc2cccnc2)S(=O)(=O)Cc2ccccc2)cc1. The lowest BCUT2D eigenvalue weighted by molar-refractivity contribution is 0.589. The van der Waals surface area contributed by atoms with E-state index in [1.165, 1.54) is 4.31 Å². The summed E-state index contributed by atoms with van der Waals surface area (Å²) in [5.41, 5.74) is 3.36. The fourth-order valence-electron chi connectivity index (χ4n) is 2.58. The van der Waals surface area contributed by atoms with Gasteiger partial charge in [0.15, 0.2) is 0 Å². The van der Waals surface area contributed by atoms with Crippen LogP contribution in [-0.2, 0) is 22.3 Å². The molecular weight excluding hydrogens is 332 g/mol. The van der Waals surface area contributed by atoms with Crippen LogP contribution in [0.25, 0.3) is 0 Å². The lowest BCUT2D eigenvalue weighted by Gasteiger charge is -2.25. The van der Waals surface area contributed by atoms with Gasteiger partial charge in [0, 0.05) is 12.4 Å². The van der Waals surface area contributed by atoms with Crippen molar-refractivity contribution >= 4 is 15.7 Å². The summed E-state index contributed by atoms with van der Waals surface area (Å²) in [6, 6.07) is 20.5. The second kappa shape index (κ2) is 7.49.